The molecule has 0 unspecified atom stereocenters. The first kappa shape index (κ1) is 30.7. The first-order chi connectivity index (χ1) is 15.1. The van der Waals surface area contributed by atoms with Gasteiger partial charge in [0.15, 0.2) is 16.6 Å². The van der Waals surface area contributed by atoms with Crippen LogP contribution in [-0.2, 0) is 13.6 Å². The van der Waals surface area contributed by atoms with Crippen molar-refractivity contribution in [2.75, 3.05) is 6.61 Å². The molecule has 34 heavy (non-hydrogen) atoms. The van der Waals surface area contributed by atoms with Gasteiger partial charge in [0, 0.05) is 0 Å². The second-order valence-electron chi connectivity index (χ2n) is 13.4. The standard InChI is InChI=1S/C25H48N2O5Si2/c1-23(2,3)31-22(29)27-19(17-30-33(10,11)24(4,5)6)14-20(21(27)18(15-26)16-28)32-34(12,13)25(7,8)9/h16,19-21,28H,14,17H2,1-13H3/b18-16+/t19-,20+,21-/m0/s1. The molecule has 7 nitrogen and oxygen atoms in total. The lowest BCUT2D eigenvalue weighted by Gasteiger charge is -2.40. The average Bonchev–Trinajstić information content (AvgIpc) is 2.95. The highest BCUT2D eigenvalue weighted by molar-refractivity contribution is 6.74. The summed E-state index contributed by atoms with van der Waals surface area (Å²) < 4.78 is 19.0. The third-order valence-corrected chi connectivity index (χ3v) is 16.4. The van der Waals surface area contributed by atoms with Gasteiger partial charge in [0.2, 0.25) is 0 Å². The maximum atomic E-state index is 13.4. The minimum atomic E-state index is -2.24. The number of carbonyl (C=O) groups excluding carboxylic acids is 1. The number of nitrogens with zero attached hydrogens (tertiary/aromatic N) is 2. The van der Waals surface area contributed by atoms with Crippen LogP contribution < -0.4 is 0 Å². The number of hydrogen-bond donors (Lipinski definition) is 1. The predicted molar refractivity (Wildman–Crippen MR) is 142 cm³/mol. The first-order valence-corrected chi connectivity index (χ1v) is 18.0. The topological polar surface area (TPSA) is 92.0 Å². The highest BCUT2D eigenvalue weighted by atomic mass is 28.4. The molecule has 1 fully saturated rings. The molecule has 0 aromatic rings. The van der Waals surface area contributed by atoms with E-state index in [1.54, 1.807) is 4.90 Å². The number of amides is 1. The van der Waals surface area contributed by atoms with Crippen molar-refractivity contribution in [3.8, 4) is 6.07 Å². The fraction of sp³-hybridized carbons (Fsp3) is 0.840. The van der Waals surface area contributed by atoms with E-state index in [0.29, 0.717) is 13.0 Å². The molecule has 196 valence electrons. The summed E-state index contributed by atoms with van der Waals surface area (Å²) in [6.45, 7) is 27.4. The Morgan fingerprint density at radius 1 is 1.03 bits per heavy atom. The van der Waals surface area contributed by atoms with Crippen LogP contribution in [0, 0.1) is 11.3 Å². The van der Waals surface area contributed by atoms with Crippen molar-refractivity contribution in [1.82, 2.24) is 4.90 Å². The molecule has 1 N–H and O–H groups in total. The summed E-state index contributed by atoms with van der Waals surface area (Å²) >= 11 is 0. The van der Waals surface area contributed by atoms with Gasteiger partial charge in [-0.2, -0.15) is 5.26 Å². The van der Waals surface area contributed by atoms with E-state index in [2.05, 4.69) is 73.8 Å². The predicted octanol–water partition coefficient (Wildman–Crippen LogP) is 6.74. The van der Waals surface area contributed by atoms with Gasteiger partial charge >= 0.3 is 6.09 Å². The maximum Gasteiger partial charge on any atom is 0.411 e. The van der Waals surface area contributed by atoms with Gasteiger partial charge in [0.25, 0.3) is 0 Å². The van der Waals surface area contributed by atoms with Gasteiger partial charge in [-0.3, -0.25) is 4.90 Å². The third-order valence-electron chi connectivity index (χ3n) is 7.44. The Labute approximate surface area is 209 Å². The summed E-state index contributed by atoms with van der Waals surface area (Å²) in [5, 5.41) is 19.7. The highest BCUT2D eigenvalue weighted by Crippen LogP contribution is 2.43. The SMILES string of the molecule is CC(C)(C)OC(=O)N1[C@H](CO[Si](C)(C)C(C)(C)C)C[C@@H](O[Si](C)(C)C(C)(C)C)[C@@H]1/C(C#N)=C/O. The first-order valence-electron chi connectivity index (χ1n) is 12.2. The fourth-order valence-corrected chi connectivity index (χ4v) is 5.73. The van der Waals surface area contributed by atoms with Crippen molar-refractivity contribution in [2.45, 2.75) is 129 Å². The molecule has 0 aliphatic carbocycles. The summed E-state index contributed by atoms with van der Waals surface area (Å²) in [5.74, 6) is 0. The molecule has 0 bridgehead atoms. The van der Waals surface area contributed by atoms with Crippen molar-refractivity contribution in [3.05, 3.63) is 11.8 Å². The lowest BCUT2D eigenvalue weighted by Crippen LogP contribution is -2.51. The number of hydrogen-bond acceptors (Lipinski definition) is 6. The summed E-state index contributed by atoms with van der Waals surface area (Å²) in [4.78, 5) is 15.0. The number of likely N-dealkylation sites (tertiary alicyclic amines) is 1. The minimum absolute atomic E-state index is 0.0155. The molecule has 1 heterocycles. The lowest BCUT2D eigenvalue weighted by molar-refractivity contribution is 0.00944. The molecular weight excluding hydrogens is 464 g/mol. The van der Waals surface area contributed by atoms with E-state index >= 15 is 0 Å². The monoisotopic (exact) mass is 512 g/mol. The van der Waals surface area contributed by atoms with Gasteiger partial charge < -0.3 is 18.7 Å². The van der Waals surface area contributed by atoms with Gasteiger partial charge in [0.1, 0.15) is 11.7 Å². The number of nitriles is 1. The van der Waals surface area contributed by atoms with E-state index in [1.165, 1.54) is 0 Å². The van der Waals surface area contributed by atoms with Crippen molar-refractivity contribution >= 4 is 22.7 Å². The van der Waals surface area contributed by atoms with Crippen LogP contribution in [0.3, 0.4) is 0 Å². The summed E-state index contributed by atoms with van der Waals surface area (Å²) in [5.41, 5.74) is -0.620. The van der Waals surface area contributed by atoms with Crippen LogP contribution in [0.25, 0.3) is 0 Å². The van der Waals surface area contributed by atoms with Gasteiger partial charge in [-0.25, -0.2) is 4.79 Å². The zero-order valence-corrected chi connectivity index (χ0v) is 25.7. The average molecular weight is 513 g/mol. The molecule has 1 saturated heterocycles. The summed E-state index contributed by atoms with van der Waals surface area (Å²) in [6, 6.07) is 0.994. The minimum Gasteiger partial charge on any atom is -0.514 e. The van der Waals surface area contributed by atoms with Gasteiger partial charge in [0.05, 0.1) is 36.6 Å². The Balaban J connectivity index is 3.49. The molecule has 1 aliphatic rings. The largest absolute Gasteiger partial charge is 0.514 e. The molecule has 1 amide bonds. The van der Waals surface area contributed by atoms with E-state index in [0.717, 1.165) is 6.26 Å². The van der Waals surface area contributed by atoms with E-state index in [9.17, 15) is 15.2 Å². The number of rotatable bonds is 6. The smallest absolute Gasteiger partial charge is 0.411 e. The molecule has 0 radical (unpaired) electrons. The van der Waals surface area contributed by atoms with Crippen molar-refractivity contribution in [3.63, 3.8) is 0 Å². The zero-order chi connectivity index (χ0) is 26.9. The summed E-state index contributed by atoms with van der Waals surface area (Å²) in [7, 11) is -4.33. The highest BCUT2D eigenvalue weighted by Gasteiger charge is 2.52. The summed E-state index contributed by atoms with van der Waals surface area (Å²) in [6.07, 6.45) is 0.322. The number of aliphatic hydroxyl groups is 1. The van der Waals surface area contributed by atoms with Crippen molar-refractivity contribution in [1.29, 1.82) is 5.26 Å². The Kier molecular flexibility index (Phi) is 9.32. The number of ether oxygens (including phenoxy) is 1. The Bertz CT molecular complexity index is 798. The Morgan fingerprint density at radius 3 is 1.91 bits per heavy atom. The van der Waals surface area contributed by atoms with E-state index in [-0.39, 0.29) is 21.7 Å². The van der Waals surface area contributed by atoms with Crippen LogP contribution in [0.1, 0.15) is 68.7 Å². The molecule has 0 spiro atoms. The molecule has 1 rings (SSSR count). The Hall–Kier alpha value is -1.35. The molecule has 1 aliphatic heterocycles. The van der Waals surface area contributed by atoms with Crippen LogP contribution in [0.2, 0.25) is 36.3 Å². The van der Waals surface area contributed by atoms with Crippen LogP contribution in [0.15, 0.2) is 11.8 Å². The van der Waals surface area contributed by atoms with E-state index < -0.39 is 40.5 Å². The number of aliphatic hydroxyl groups excluding tert-OH is 1. The maximum absolute atomic E-state index is 13.4. The van der Waals surface area contributed by atoms with E-state index in [1.807, 2.05) is 20.8 Å². The van der Waals surface area contributed by atoms with Crippen LogP contribution in [0.5, 0.6) is 0 Å². The molecule has 9 heteroatoms. The zero-order valence-electron chi connectivity index (χ0n) is 23.7. The van der Waals surface area contributed by atoms with Crippen LogP contribution in [-0.4, -0.2) is 63.1 Å². The van der Waals surface area contributed by atoms with Crippen molar-refractivity contribution < 1.29 is 23.5 Å². The van der Waals surface area contributed by atoms with Gasteiger partial charge in [-0.05, 0) is 63.5 Å². The van der Waals surface area contributed by atoms with Gasteiger partial charge in [-0.15, -0.1) is 0 Å². The fourth-order valence-electron chi connectivity index (χ4n) is 3.35. The third kappa shape index (κ3) is 7.33. The molecular formula is C25H48N2O5Si2. The van der Waals surface area contributed by atoms with Gasteiger partial charge in [-0.1, -0.05) is 41.5 Å². The Morgan fingerprint density at radius 2 is 1.53 bits per heavy atom. The molecule has 3 atom stereocenters. The molecule has 0 aromatic heterocycles. The second-order valence-corrected chi connectivity index (χ2v) is 23.0. The lowest BCUT2D eigenvalue weighted by atomic mass is 10.0. The number of carbonyl (C=O) groups is 1. The normalized spacial score (nSPS) is 23.1. The molecule has 0 aromatic carbocycles. The van der Waals surface area contributed by atoms with Crippen LogP contribution >= 0.6 is 0 Å². The van der Waals surface area contributed by atoms with Crippen molar-refractivity contribution in [2.24, 2.45) is 0 Å². The van der Waals surface area contributed by atoms with Crippen LogP contribution in [0.4, 0.5) is 4.79 Å². The quantitative estimate of drug-likeness (QED) is 0.241. The van der Waals surface area contributed by atoms with E-state index in [4.69, 9.17) is 13.6 Å². The second kappa shape index (κ2) is 10.3. The molecule has 0 saturated carbocycles.